The van der Waals surface area contributed by atoms with Crippen LogP contribution in [0.5, 0.6) is 5.75 Å². The van der Waals surface area contributed by atoms with Crippen molar-refractivity contribution in [1.29, 1.82) is 0 Å². The Bertz CT molecular complexity index is 1260. The van der Waals surface area contributed by atoms with Crippen molar-refractivity contribution in [3.05, 3.63) is 68.0 Å². The fourth-order valence-corrected chi connectivity index (χ4v) is 3.97. The van der Waals surface area contributed by atoms with E-state index >= 15 is 0 Å². The first kappa shape index (κ1) is 25.1. The highest BCUT2D eigenvalue weighted by atomic mass is 31.2. The van der Waals surface area contributed by atoms with E-state index in [-0.39, 0.29) is 12.1 Å². The molecule has 1 aromatic carbocycles. The Kier molecular flexibility index (Phi) is 7.24. The zero-order chi connectivity index (χ0) is 25.2. The molecular weight excluding hydrogens is 481 g/mol. The molecule has 182 valence electrons. The zero-order valence-electron chi connectivity index (χ0n) is 17.3. The van der Waals surface area contributed by atoms with Crippen molar-refractivity contribution in [1.82, 2.24) is 14.8 Å². The first-order valence-corrected chi connectivity index (χ1v) is 11.6. The van der Waals surface area contributed by atoms with Crippen LogP contribution >= 0.6 is 7.60 Å². The van der Waals surface area contributed by atoms with Gasteiger partial charge in [0.25, 0.3) is 11.8 Å². The van der Waals surface area contributed by atoms with Crippen molar-refractivity contribution in [2.24, 2.45) is 5.18 Å². The standard InChI is InChI=1S/C19H19F2N4O8P/c20-11-2-1-10(14(21)5-11)6-22-18(28)13-9-25-12(7-23-30)8-24(3-4-34(31,32)33)19(29)15(25)17(27)16(13)26/h1-2,5,9,12,27H,3-4,6-8H2,(H,22,28)(H2,31,32,33)/t12-/m0/s1. The molecule has 1 aliphatic heterocycles. The number of aromatic hydroxyl groups is 1. The number of benzene rings is 1. The number of hydrogen-bond acceptors (Lipinski definition) is 7. The van der Waals surface area contributed by atoms with Crippen molar-refractivity contribution in [3.8, 4) is 5.75 Å². The van der Waals surface area contributed by atoms with Crippen LogP contribution in [0.4, 0.5) is 8.78 Å². The van der Waals surface area contributed by atoms with Crippen LogP contribution in [-0.2, 0) is 11.1 Å². The minimum Gasteiger partial charge on any atom is -0.503 e. The van der Waals surface area contributed by atoms with E-state index in [1.807, 2.05) is 0 Å². The van der Waals surface area contributed by atoms with Crippen molar-refractivity contribution >= 4 is 19.4 Å². The molecule has 0 aliphatic carbocycles. The van der Waals surface area contributed by atoms with E-state index in [4.69, 9.17) is 9.79 Å². The average molecular weight is 500 g/mol. The summed E-state index contributed by atoms with van der Waals surface area (Å²) in [7, 11) is -4.47. The first-order valence-electron chi connectivity index (χ1n) is 9.76. The number of nitrogens with zero attached hydrogens (tertiary/aromatic N) is 3. The molecule has 2 amide bonds. The number of rotatable bonds is 8. The molecule has 1 atom stereocenters. The van der Waals surface area contributed by atoms with Crippen molar-refractivity contribution in [2.75, 3.05) is 25.8 Å². The van der Waals surface area contributed by atoms with Crippen LogP contribution < -0.4 is 10.7 Å². The molecule has 2 aromatic rings. The van der Waals surface area contributed by atoms with Crippen LogP contribution in [-0.4, -0.2) is 62.0 Å². The minimum atomic E-state index is -4.47. The second-order valence-electron chi connectivity index (χ2n) is 7.50. The van der Waals surface area contributed by atoms with Gasteiger partial charge in [-0.1, -0.05) is 11.2 Å². The Morgan fingerprint density at radius 1 is 1.26 bits per heavy atom. The van der Waals surface area contributed by atoms with Gasteiger partial charge in [0.05, 0.1) is 12.2 Å². The van der Waals surface area contributed by atoms with Crippen molar-refractivity contribution in [2.45, 2.75) is 12.6 Å². The maximum Gasteiger partial charge on any atom is 0.327 e. The SMILES string of the molecule is O=NC[C@H]1CN(CCP(=O)(O)O)C(=O)c2c(O)c(=O)c(C(=O)NCc3ccc(F)cc3F)cn21. The van der Waals surface area contributed by atoms with Crippen LogP contribution in [0.15, 0.2) is 34.4 Å². The number of hydrogen-bond donors (Lipinski definition) is 4. The van der Waals surface area contributed by atoms with Gasteiger partial charge in [-0.3, -0.25) is 18.9 Å². The summed E-state index contributed by atoms with van der Waals surface area (Å²) in [5.41, 5.74) is -2.49. The van der Waals surface area contributed by atoms with Crippen LogP contribution in [0.2, 0.25) is 0 Å². The topological polar surface area (TPSA) is 179 Å². The lowest BCUT2D eigenvalue weighted by Crippen LogP contribution is -2.47. The molecule has 0 saturated carbocycles. The van der Waals surface area contributed by atoms with E-state index in [1.54, 1.807) is 0 Å². The summed E-state index contributed by atoms with van der Waals surface area (Å²) in [4.78, 5) is 68.0. The Balaban J connectivity index is 1.93. The normalized spacial score (nSPS) is 15.7. The summed E-state index contributed by atoms with van der Waals surface area (Å²) in [5, 5.41) is 15.4. The largest absolute Gasteiger partial charge is 0.503 e. The molecule has 34 heavy (non-hydrogen) atoms. The third-order valence-corrected chi connectivity index (χ3v) is 5.95. The molecule has 0 fully saturated rings. The molecule has 2 heterocycles. The van der Waals surface area contributed by atoms with E-state index < -0.39 is 85.3 Å². The van der Waals surface area contributed by atoms with Gasteiger partial charge in [0.2, 0.25) is 5.43 Å². The van der Waals surface area contributed by atoms with Gasteiger partial charge in [0.15, 0.2) is 11.4 Å². The minimum absolute atomic E-state index is 0.0732. The van der Waals surface area contributed by atoms with Crippen molar-refractivity contribution in [3.63, 3.8) is 0 Å². The van der Waals surface area contributed by atoms with E-state index in [0.717, 1.165) is 27.8 Å². The van der Waals surface area contributed by atoms with E-state index in [1.165, 1.54) is 0 Å². The first-order chi connectivity index (χ1) is 15.9. The van der Waals surface area contributed by atoms with Gasteiger partial charge in [-0.25, -0.2) is 8.78 Å². The quantitative estimate of drug-likeness (QED) is 0.302. The highest BCUT2D eigenvalue weighted by molar-refractivity contribution is 7.51. The van der Waals surface area contributed by atoms with E-state index in [0.29, 0.717) is 6.07 Å². The van der Waals surface area contributed by atoms with E-state index in [9.17, 15) is 37.7 Å². The van der Waals surface area contributed by atoms with Gasteiger partial charge in [-0.05, 0) is 6.07 Å². The fourth-order valence-electron chi connectivity index (χ4n) is 3.47. The average Bonchev–Trinajstić information content (AvgIpc) is 2.75. The number of carbonyl (C=O) groups is 2. The van der Waals surface area contributed by atoms with Gasteiger partial charge in [-0.2, -0.15) is 4.91 Å². The third-order valence-electron chi connectivity index (χ3n) is 5.17. The molecule has 0 unspecified atom stereocenters. The fraction of sp³-hybridized carbons (Fsp3) is 0.316. The maximum atomic E-state index is 13.8. The molecule has 12 nitrogen and oxygen atoms in total. The maximum absolute atomic E-state index is 13.8. The number of carbonyl (C=O) groups excluding carboxylic acids is 2. The van der Waals surface area contributed by atoms with Crippen LogP contribution in [0.3, 0.4) is 0 Å². The zero-order valence-corrected chi connectivity index (χ0v) is 18.2. The second kappa shape index (κ2) is 9.79. The number of halogens is 2. The van der Waals surface area contributed by atoms with Crippen LogP contribution in [0.1, 0.15) is 32.5 Å². The molecule has 0 radical (unpaired) electrons. The van der Waals surface area contributed by atoms with Gasteiger partial charge >= 0.3 is 7.60 Å². The highest BCUT2D eigenvalue weighted by Crippen LogP contribution is 2.35. The number of pyridine rings is 1. The van der Waals surface area contributed by atoms with E-state index in [2.05, 4.69) is 10.5 Å². The summed E-state index contributed by atoms with van der Waals surface area (Å²) in [6, 6.07) is 1.74. The number of nitroso groups, excluding NO2 is 1. The van der Waals surface area contributed by atoms with Crippen LogP contribution in [0, 0.1) is 16.5 Å². The molecule has 4 N–H and O–H groups in total. The molecular formula is C19H19F2N4O8P. The second-order valence-corrected chi connectivity index (χ2v) is 9.28. The Hall–Kier alpha value is -3.48. The summed E-state index contributed by atoms with van der Waals surface area (Å²) in [6.07, 6.45) is 0.257. The molecule has 15 heteroatoms. The monoisotopic (exact) mass is 500 g/mol. The predicted octanol–water partition coefficient (Wildman–Crippen LogP) is 0.703. The third kappa shape index (κ3) is 5.35. The Morgan fingerprint density at radius 3 is 2.59 bits per heavy atom. The molecule has 3 rings (SSSR count). The van der Waals surface area contributed by atoms with Gasteiger partial charge in [-0.15, -0.1) is 0 Å². The molecule has 0 spiro atoms. The summed E-state index contributed by atoms with van der Waals surface area (Å²) in [5.74, 6) is -4.83. The number of amides is 2. The number of fused-ring (bicyclic) bond motifs is 1. The summed E-state index contributed by atoms with van der Waals surface area (Å²) in [6.45, 7) is -1.52. The lowest BCUT2D eigenvalue weighted by molar-refractivity contribution is 0.0672. The number of aromatic nitrogens is 1. The number of nitrogens with one attached hydrogen (secondary N) is 1. The van der Waals surface area contributed by atoms with Crippen molar-refractivity contribution < 1.29 is 37.8 Å². The summed E-state index contributed by atoms with van der Waals surface area (Å²) >= 11 is 0. The van der Waals surface area contributed by atoms with Gasteiger partial charge in [0.1, 0.15) is 23.7 Å². The predicted molar refractivity (Wildman–Crippen MR) is 112 cm³/mol. The molecule has 0 saturated heterocycles. The van der Waals surface area contributed by atoms with Gasteiger partial charge < -0.3 is 29.7 Å². The lowest BCUT2D eigenvalue weighted by atomic mass is 10.1. The molecule has 1 aliphatic rings. The summed E-state index contributed by atoms with van der Waals surface area (Å²) < 4.78 is 39.0. The smallest absolute Gasteiger partial charge is 0.327 e. The van der Waals surface area contributed by atoms with Crippen LogP contribution in [0.25, 0.3) is 0 Å². The Morgan fingerprint density at radius 2 is 1.97 bits per heavy atom. The Labute approximate surface area is 189 Å². The molecule has 1 aromatic heterocycles. The lowest BCUT2D eigenvalue weighted by Gasteiger charge is -2.35. The highest BCUT2D eigenvalue weighted by Gasteiger charge is 2.36. The molecule has 0 bridgehead atoms. The van der Waals surface area contributed by atoms with Gasteiger partial charge in [0, 0.05) is 37.5 Å².